The molecule has 0 aliphatic heterocycles. The fourth-order valence-corrected chi connectivity index (χ4v) is 16.3. The van der Waals surface area contributed by atoms with Crippen LogP contribution in [-0.2, 0) is 0 Å². The molecule has 0 bridgehead atoms. The van der Waals surface area contributed by atoms with Gasteiger partial charge in [0.05, 0.1) is 91.2 Å². The molecule has 0 unspecified atom stereocenters. The van der Waals surface area contributed by atoms with Crippen molar-refractivity contribution in [3.63, 3.8) is 0 Å². The molecule has 0 spiro atoms. The lowest BCUT2D eigenvalue weighted by atomic mass is 9.97. The van der Waals surface area contributed by atoms with Gasteiger partial charge < -0.3 is 13.6 Å². The Labute approximate surface area is 539 Å². The average Bonchev–Trinajstić information content (AvgIpc) is 1.69. The zero-order chi connectivity index (χ0) is 61.9. The van der Waals surface area contributed by atoms with Crippen LogP contribution in [-0.4, -0.2) is 28.2 Å². The highest BCUT2D eigenvalue weighted by Crippen LogP contribution is 2.46. The lowest BCUT2D eigenvalue weighted by Crippen LogP contribution is -2.00. The van der Waals surface area contributed by atoms with E-state index in [-0.39, 0.29) is 0 Å². The molecule has 0 radical (unpaired) electrons. The van der Waals surface area contributed by atoms with Gasteiger partial charge in [-0.25, -0.2) is 9.97 Å². The number of para-hydroxylation sites is 4. The summed E-state index contributed by atoms with van der Waals surface area (Å²) in [7, 11) is 0. The summed E-state index contributed by atoms with van der Waals surface area (Å²) in [6.07, 6.45) is 3.95. The molecule has 20 aromatic rings. The third-order valence-corrected chi connectivity index (χ3v) is 20.6. The van der Waals surface area contributed by atoms with E-state index in [9.17, 15) is 10.5 Å². The van der Waals surface area contributed by atoms with Gasteiger partial charge >= 0.3 is 0 Å². The van der Waals surface area contributed by atoms with Crippen LogP contribution in [0.5, 0.6) is 0 Å². The predicted molar refractivity (Wildman–Crippen MR) is 385 cm³/mol. The summed E-state index contributed by atoms with van der Waals surface area (Å²) in [5.74, 6) is 1.58. The second kappa shape index (κ2) is 19.8. The zero-order valence-corrected chi connectivity index (χ0v) is 50.8. The number of nitrogens with zero attached hydrogens (tertiary/aromatic N) is 8. The van der Waals surface area contributed by atoms with Crippen LogP contribution in [0.3, 0.4) is 0 Å². The first-order chi connectivity index (χ1) is 46.5. The van der Waals surface area contributed by atoms with E-state index in [0.29, 0.717) is 11.1 Å². The highest BCUT2D eigenvalue weighted by atomic mass is 32.1. The molecule has 0 N–H and O–H groups in total. The maximum Gasteiger partial charge on any atom is 0.143 e. The lowest BCUT2D eigenvalue weighted by Gasteiger charge is -2.11. The largest absolute Gasteiger partial charge is 0.455 e. The van der Waals surface area contributed by atoms with Gasteiger partial charge in [0.2, 0.25) is 0 Å². The van der Waals surface area contributed by atoms with Crippen LogP contribution < -0.4 is 0 Å². The van der Waals surface area contributed by atoms with Gasteiger partial charge in [0.15, 0.2) is 0 Å². The molecule has 0 saturated heterocycles. The van der Waals surface area contributed by atoms with E-state index in [4.69, 9.17) is 14.4 Å². The molecule has 20 rings (SSSR count). The number of hydrogen-bond acceptors (Lipinski definition) is 6. The van der Waals surface area contributed by atoms with Crippen molar-refractivity contribution in [2.45, 2.75) is 0 Å². The Bertz CT molecular complexity index is 6350. The van der Waals surface area contributed by atoms with E-state index < -0.39 is 0 Å². The number of thiophene rings is 1. The van der Waals surface area contributed by atoms with Crippen molar-refractivity contribution in [2.24, 2.45) is 0 Å². The Hall–Kier alpha value is -12.9. The predicted octanol–water partition coefficient (Wildman–Crippen LogP) is 21.9. The van der Waals surface area contributed by atoms with Crippen LogP contribution in [0.1, 0.15) is 11.1 Å². The fourth-order valence-electron chi connectivity index (χ4n) is 15.1. The number of fused-ring (bicyclic) bond motifs is 18. The Morgan fingerprint density at radius 2 is 0.723 bits per heavy atom. The summed E-state index contributed by atoms with van der Waals surface area (Å²) in [4.78, 5) is 10.5. The first-order valence-electron chi connectivity index (χ1n) is 31.3. The molecule has 12 aromatic carbocycles. The maximum absolute atomic E-state index is 9.87. The third kappa shape index (κ3) is 7.54. The number of benzene rings is 12. The molecule has 8 heterocycles. The minimum Gasteiger partial charge on any atom is -0.455 e. The molecule has 0 aliphatic rings. The molecular weight excluding hydrogens is 1170 g/mol. The number of nitriles is 2. The van der Waals surface area contributed by atoms with Crippen molar-refractivity contribution in [1.29, 1.82) is 10.5 Å². The minimum absolute atomic E-state index is 0.624. The van der Waals surface area contributed by atoms with Gasteiger partial charge in [-0.1, -0.05) is 133 Å². The van der Waals surface area contributed by atoms with Crippen molar-refractivity contribution in [3.05, 3.63) is 290 Å². The highest BCUT2D eigenvalue weighted by Gasteiger charge is 2.23. The Morgan fingerprint density at radius 3 is 1.28 bits per heavy atom. The molecule has 0 fully saturated rings. The molecule has 8 aromatic heterocycles. The van der Waals surface area contributed by atoms with Crippen molar-refractivity contribution in [1.82, 2.24) is 28.2 Å². The molecule has 0 atom stereocenters. The molecule has 0 aliphatic carbocycles. The summed E-state index contributed by atoms with van der Waals surface area (Å²) in [5.41, 5.74) is 19.7. The van der Waals surface area contributed by atoms with Gasteiger partial charge in [-0.15, -0.1) is 11.3 Å². The number of pyridine rings is 2. The smallest absolute Gasteiger partial charge is 0.143 e. The van der Waals surface area contributed by atoms with E-state index in [0.717, 1.165) is 160 Å². The summed E-state index contributed by atoms with van der Waals surface area (Å²) in [6, 6.07) is 99.3. The quantitative estimate of drug-likeness (QED) is 0.158. The van der Waals surface area contributed by atoms with E-state index in [1.165, 1.54) is 25.7 Å². The standard InChI is InChI=1S/C84H46N8OS/c85-45-49-23-31-73-65(39-49)59-11-1-5-19-71(59)89(73)55-29-38-82(88-47-55)92-77-34-26-52(42-68(77)70-43-53(27-36-78(70)92)57-15-9-17-63-61-13-3-7-21-79(61)93-83(57)63)51-25-33-74-67(41-51)69-44-54(58-16-10-18-64-62-14-4-8-22-80(62)94-84(58)64)28-35-75(69)90(74)56-30-37-81(87-48-56)91-72-20-6-2-12-60(72)66-40-50(46-86)24-32-76(66)91/h1-44,47-48H. The van der Waals surface area contributed by atoms with Crippen molar-refractivity contribution >= 4 is 141 Å². The van der Waals surface area contributed by atoms with Crippen LogP contribution in [0, 0.1) is 22.7 Å². The molecule has 9 nitrogen and oxygen atoms in total. The zero-order valence-electron chi connectivity index (χ0n) is 50.0. The summed E-state index contributed by atoms with van der Waals surface area (Å²) < 4.78 is 18.3. The third-order valence-electron chi connectivity index (χ3n) is 19.3. The van der Waals surface area contributed by atoms with Gasteiger partial charge in [-0.2, -0.15) is 10.5 Å². The van der Waals surface area contributed by atoms with Crippen molar-refractivity contribution in [3.8, 4) is 68.5 Å². The second-order valence-electron chi connectivity index (χ2n) is 24.3. The van der Waals surface area contributed by atoms with Crippen LogP contribution >= 0.6 is 11.3 Å². The molecule has 434 valence electrons. The Balaban J connectivity index is 0.771. The second-order valence-corrected chi connectivity index (χ2v) is 25.4. The topological polar surface area (TPSA) is 106 Å². The van der Waals surface area contributed by atoms with Crippen LogP contribution in [0.4, 0.5) is 0 Å². The average molecular weight is 1220 g/mol. The lowest BCUT2D eigenvalue weighted by molar-refractivity contribution is 0.670. The highest BCUT2D eigenvalue weighted by molar-refractivity contribution is 7.26. The first-order valence-corrected chi connectivity index (χ1v) is 32.1. The van der Waals surface area contributed by atoms with Gasteiger partial charge in [0, 0.05) is 79.6 Å². The van der Waals surface area contributed by atoms with Crippen LogP contribution in [0.15, 0.2) is 284 Å². The summed E-state index contributed by atoms with van der Waals surface area (Å²) in [5, 5.41) is 33.1. The molecule has 0 saturated carbocycles. The molecular formula is C84H46N8OS. The SMILES string of the molecule is N#Cc1ccc2c(c1)c1ccccc1n2-c1ccc(-n2c3ccc(-c4ccc5c(c4)c4cc(-c6cccc7c6sc6ccccc67)ccc4n5-c4ccc(-n5c6ccccc6c6cc(C#N)ccc65)nc4)cc3c3cc(-c4cccc5c4oc4ccccc45)ccc32)nc1. The number of aromatic nitrogens is 6. The Morgan fingerprint density at radius 1 is 0.309 bits per heavy atom. The van der Waals surface area contributed by atoms with Gasteiger partial charge in [-0.3, -0.25) is 9.13 Å². The first kappa shape index (κ1) is 52.0. The summed E-state index contributed by atoms with van der Waals surface area (Å²) in [6.45, 7) is 0. The van der Waals surface area contributed by atoms with E-state index >= 15 is 0 Å². The van der Waals surface area contributed by atoms with Crippen molar-refractivity contribution < 1.29 is 4.42 Å². The molecule has 94 heavy (non-hydrogen) atoms. The maximum atomic E-state index is 9.87. The molecule has 10 heteroatoms. The van der Waals surface area contributed by atoms with E-state index in [1.54, 1.807) is 0 Å². The van der Waals surface area contributed by atoms with Gasteiger partial charge in [-0.05, 0) is 161 Å². The van der Waals surface area contributed by atoms with Gasteiger partial charge in [0.1, 0.15) is 22.8 Å². The Kier molecular flexibility index (Phi) is 11.0. The number of furan rings is 1. The summed E-state index contributed by atoms with van der Waals surface area (Å²) >= 11 is 1.85. The normalized spacial score (nSPS) is 12.0. The van der Waals surface area contributed by atoms with Crippen LogP contribution in [0.25, 0.3) is 186 Å². The fraction of sp³-hybridized carbons (Fsp3) is 0. The van der Waals surface area contributed by atoms with Crippen LogP contribution in [0.2, 0.25) is 0 Å². The van der Waals surface area contributed by atoms with Crippen molar-refractivity contribution in [2.75, 3.05) is 0 Å². The van der Waals surface area contributed by atoms with E-state index in [2.05, 4.69) is 237 Å². The number of hydrogen-bond donors (Lipinski definition) is 0. The minimum atomic E-state index is 0.624. The van der Waals surface area contributed by atoms with Gasteiger partial charge in [0.25, 0.3) is 0 Å². The molecule has 0 amide bonds. The van der Waals surface area contributed by atoms with E-state index in [1.807, 2.05) is 84.4 Å². The number of rotatable bonds is 7. The monoisotopic (exact) mass is 1210 g/mol.